The van der Waals surface area contributed by atoms with Crippen LogP contribution >= 0.6 is 11.6 Å². The average molecular weight is 407 g/mol. The SMILES string of the molecule is Cc1ccc(C)c(Oc2coc3cc(OCc4ccc(Cl)cc4)ccc3c2=O)c1. The summed E-state index contributed by atoms with van der Waals surface area (Å²) in [5.74, 6) is 1.40. The Morgan fingerprint density at radius 2 is 1.72 bits per heavy atom. The van der Waals surface area contributed by atoms with Gasteiger partial charge in [-0.25, -0.2) is 0 Å². The summed E-state index contributed by atoms with van der Waals surface area (Å²) >= 11 is 5.90. The first kappa shape index (κ1) is 19.1. The van der Waals surface area contributed by atoms with Crippen LogP contribution in [0.4, 0.5) is 0 Å². The third-order valence-electron chi connectivity index (χ3n) is 4.60. The molecule has 0 aliphatic rings. The molecule has 0 saturated heterocycles. The molecule has 0 fully saturated rings. The lowest BCUT2D eigenvalue weighted by Gasteiger charge is -2.10. The Kier molecular flexibility index (Phi) is 5.28. The van der Waals surface area contributed by atoms with Crippen molar-refractivity contribution in [3.05, 3.63) is 98.9 Å². The van der Waals surface area contributed by atoms with Crippen molar-refractivity contribution in [2.75, 3.05) is 0 Å². The molecule has 0 radical (unpaired) electrons. The topological polar surface area (TPSA) is 48.7 Å². The summed E-state index contributed by atoms with van der Waals surface area (Å²) in [5, 5.41) is 1.12. The predicted molar refractivity (Wildman–Crippen MR) is 114 cm³/mol. The molecule has 146 valence electrons. The van der Waals surface area contributed by atoms with Crippen LogP contribution in [-0.4, -0.2) is 0 Å². The molecule has 1 aromatic heterocycles. The zero-order valence-electron chi connectivity index (χ0n) is 16.1. The summed E-state index contributed by atoms with van der Waals surface area (Å²) in [6.07, 6.45) is 1.34. The lowest BCUT2D eigenvalue weighted by Crippen LogP contribution is -2.05. The molecule has 0 atom stereocenters. The van der Waals surface area contributed by atoms with Gasteiger partial charge in [-0.1, -0.05) is 35.9 Å². The van der Waals surface area contributed by atoms with Gasteiger partial charge in [0.25, 0.3) is 0 Å². The first-order chi connectivity index (χ1) is 14.0. The van der Waals surface area contributed by atoms with Crippen molar-refractivity contribution < 1.29 is 13.9 Å². The Balaban J connectivity index is 1.57. The number of aryl methyl sites for hydroxylation is 2. The van der Waals surface area contributed by atoms with E-state index in [-0.39, 0.29) is 11.2 Å². The van der Waals surface area contributed by atoms with E-state index < -0.39 is 0 Å². The van der Waals surface area contributed by atoms with E-state index in [9.17, 15) is 4.79 Å². The van der Waals surface area contributed by atoms with Crippen molar-refractivity contribution in [1.29, 1.82) is 0 Å². The van der Waals surface area contributed by atoms with Gasteiger partial charge >= 0.3 is 0 Å². The van der Waals surface area contributed by atoms with Gasteiger partial charge in [-0.05, 0) is 60.9 Å². The van der Waals surface area contributed by atoms with Crippen LogP contribution in [0.5, 0.6) is 17.2 Å². The molecule has 4 aromatic rings. The number of hydrogen-bond acceptors (Lipinski definition) is 4. The van der Waals surface area contributed by atoms with Crippen LogP contribution in [0.15, 0.2) is 76.1 Å². The molecule has 4 rings (SSSR count). The van der Waals surface area contributed by atoms with Gasteiger partial charge in [-0.3, -0.25) is 4.79 Å². The summed E-state index contributed by atoms with van der Waals surface area (Å²) in [7, 11) is 0. The third kappa shape index (κ3) is 4.28. The third-order valence-corrected chi connectivity index (χ3v) is 4.85. The second-order valence-corrected chi connectivity index (χ2v) is 7.31. The highest BCUT2D eigenvalue weighted by atomic mass is 35.5. The smallest absolute Gasteiger partial charge is 0.235 e. The fraction of sp³-hybridized carbons (Fsp3) is 0.125. The van der Waals surface area contributed by atoms with E-state index >= 15 is 0 Å². The van der Waals surface area contributed by atoms with Crippen molar-refractivity contribution in [1.82, 2.24) is 0 Å². The summed E-state index contributed by atoms with van der Waals surface area (Å²) in [5.41, 5.74) is 3.21. The summed E-state index contributed by atoms with van der Waals surface area (Å²) in [4.78, 5) is 12.8. The Morgan fingerprint density at radius 1 is 0.931 bits per heavy atom. The van der Waals surface area contributed by atoms with Crippen molar-refractivity contribution in [2.24, 2.45) is 0 Å². The quantitative estimate of drug-likeness (QED) is 0.383. The highest BCUT2D eigenvalue weighted by Gasteiger charge is 2.11. The molecule has 29 heavy (non-hydrogen) atoms. The van der Waals surface area contributed by atoms with Gasteiger partial charge in [0.15, 0.2) is 0 Å². The Hall–Kier alpha value is -3.24. The standard InChI is InChI=1S/C24H19ClO4/c1-15-3-4-16(2)21(11-15)29-23-14-28-22-12-19(9-10-20(22)24(23)26)27-13-17-5-7-18(25)8-6-17/h3-12,14H,13H2,1-2H3. The maximum Gasteiger partial charge on any atom is 0.235 e. The van der Waals surface area contributed by atoms with Crippen LogP contribution in [0.1, 0.15) is 16.7 Å². The van der Waals surface area contributed by atoms with E-state index in [0.29, 0.717) is 34.1 Å². The number of hydrogen-bond donors (Lipinski definition) is 0. The molecule has 0 aliphatic carbocycles. The Morgan fingerprint density at radius 3 is 2.52 bits per heavy atom. The molecule has 0 aliphatic heterocycles. The minimum atomic E-state index is -0.226. The van der Waals surface area contributed by atoms with E-state index in [1.807, 2.05) is 56.3 Å². The summed E-state index contributed by atoms with van der Waals surface area (Å²) in [6, 6.07) is 18.4. The molecule has 1 heterocycles. The molecule has 0 amide bonds. The Bertz CT molecular complexity index is 1230. The van der Waals surface area contributed by atoms with Gasteiger partial charge < -0.3 is 13.9 Å². The fourth-order valence-corrected chi connectivity index (χ4v) is 3.06. The number of benzene rings is 3. The summed E-state index contributed by atoms with van der Waals surface area (Å²) < 4.78 is 17.3. The lowest BCUT2D eigenvalue weighted by atomic mass is 10.1. The summed E-state index contributed by atoms with van der Waals surface area (Å²) in [6.45, 7) is 4.29. The van der Waals surface area contributed by atoms with Crippen molar-refractivity contribution in [3.8, 4) is 17.2 Å². The maximum absolute atomic E-state index is 12.8. The van der Waals surface area contributed by atoms with E-state index in [0.717, 1.165) is 16.7 Å². The molecule has 4 nitrogen and oxygen atoms in total. The minimum Gasteiger partial charge on any atom is -0.489 e. The van der Waals surface area contributed by atoms with Crippen LogP contribution in [0, 0.1) is 13.8 Å². The van der Waals surface area contributed by atoms with E-state index in [1.165, 1.54) is 6.26 Å². The Labute approximate surface area is 173 Å². The van der Waals surface area contributed by atoms with Gasteiger partial charge in [0.1, 0.15) is 30.0 Å². The lowest BCUT2D eigenvalue weighted by molar-refractivity contribution is 0.306. The van der Waals surface area contributed by atoms with Crippen molar-refractivity contribution in [2.45, 2.75) is 20.5 Å². The van der Waals surface area contributed by atoms with Crippen LogP contribution in [0.3, 0.4) is 0 Å². The minimum absolute atomic E-state index is 0.154. The van der Waals surface area contributed by atoms with Crippen LogP contribution in [-0.2, 0) is 6.61 Å². The molecule has 3 aromatic carbocycles. The number of halogens is 1. The van der Waals surface area contributed by atoms with Gasteiger partial charge in [-0.2, -0.15) is 0 Å². The largest absolute Gasteiger partial charge is 0.489 e. The monoisotopic (exact) mass is 406 g/mol. The number of rotatable bonds is 5. The van der Waals surface area contributed by atoms with Crippen LogP contribution in [0.2, 0.25) is 5.02 Å². The van der Waals surface area contributed by atoms with E-state index in [4.69, 9.17) is 25.5 Å². The molecule has 0 saturated carbocycles. The van der Waals surface area contributed by atoms with Gasteiger partial charge in [0, 0.05) is 11.1 Å². The fourth-order valence-electron chi connectivity index (χ4n) is 2.93. The second-order valence-electron chi connectivity index (χ2n) is 6.87. The molecule has 0 bridgehead atoms. The first-order valence-corrected chi connectivity index (χ1v) is 9.55. The van der Waals surface area contributed by atoms with Crippen molar-refractivity contribution in [3.63, 3.8) is 0 Å². The molecule has 0 spiro atoms. The predicted octanol–water partition coefficient (Wildman–Crippen LogP) is 6.43. The second kappa shape index (κ2) is 8.02. The number of fused-ring (bicyclic) bond motifs is 1. The molecule has 5 heteroatoms. The van der Waals surface area contributed by atoms with Gasteiger partial charge in [-0.15, -0.1) is 0 Å². The zero-order chi connectivity index (χ0) is 20.4. The van der Waals surface area contributed by atoms with E-state index in [1.54, 1.807) is 18.2 Å². The van der Waals surface area contributed by atoms with Crippen LogP contribution in [0.25, 0.3) is 11.0 Å². The first-order valence-electron chi connectivity index (χ1n) is 9.17. The van der Waals surface area contributed by atoms with Gasteiger partial charge in [0.05, 0.1) is 5.39 Å². The zero-order valence-corrected chi connectivity index (χ0v) is 16.8. The van der Waals surface area contributed by atoms with Gasteiger partial charge in [0.2, 0.25) is 11.2 Å². The van der Waals surface area contributed by atoms with Crippen LogP contribution < -0.4 is 14.9 Å². The van der Waals surface area contributed by atoms with E-state index in [2.05, 4.69) is 0 Å². The molecule has 0 N–H and O–H groups in total. The maximum atomic E-state index is 12.8. The number of ether oxygens (including phenoxy) is 2. The molecule has 0 unspecified atom stereocenters. The average Bonchev–Trinajstić information content (AvgIpc) is 2.72. The highest BCUT2D eigenvalue weighted by molar-refractivity contribution is 6.30. The van der Waals surface area contributed by atoms with Crippen molar-refractivity contribution >= 4 is 22.6 Å². The molecular weight excluding hydrogens is 388 g/mol. The normalized spacial score (nSPS) is 10.9. The highest BCUT2D eigenvalue weighted by Crippen LogP contribution is 2.27. The molecular formula is C24H19ClO4.